The first-order valence-corrected chi connectivity index (χ1v) is 16.1. The molecule has 0 saturated carbocycles. The van der Waals surface area contributed by atoms with E-state index in [9.17, 15) is 17.6 Å². The highest BCUT2D eigenvalue weighted by molar-refractivity contribution is 7.89. The first-order chi connectivity index (χ1) is 21.7. The number of unbranched alkanes of at least 4 members (excludes halogenated alkanes) is 1. The van der Waals surface area contributed by atoms with Crippen molar-refractivity contribution in [2.45, 2.75) is 44.2 Å². The van der Waals surface area contributed by atoms with Crippen LogP contribution in [-0.2, 0) is 29.5 Å². The summed E-state index contributed by atoms with van der Waals surface area (Å²) in [5, 5.41) is 8.28. The zero-order valence-electron chi connectivity index (χ0n) is 25.3. The maximum Gasteiger partial charge on any atom is 0.247 e. The quantitative estimate of drug-likeness (QED) is 0.102. The number of methoxy groups -OCH3 is 1. The standard InChI is InChI=1S/C35H35FN4O4S/c1-26(41)29-14-16-30(17-15-29)31-18-19-33(44-2)34(22-31)45(42,43)40(20-7-6-11-27-9-4-3-5-10-27)24-35-38-37-25-39(35)23-28-12-8-13-32(36)21-28/h3-5,8-10,12-19,21-22,25H,6-7,11,20,23-24H2,1-2H3. The van der Waals surface area contributed by atoms with Gasteiger partial charge in [0.2, 0.25) is 10.0 Å². The maximum absolute atomic E-state index is 14.4. The van der Waals surface area contributed by atoms with E-state index in [1.165, 1.54) is 42.4 Å². The van der Waals surface area contributed by atoms with Crippen molar-refractivity contribution >= 4 is 15.8 Å². The number of ketones is 1. The number of Topliss-reactive ketones (excluding diaryl/α,β-unsaturated/α-hetero) is 1. The van der Waals surface area contributed by atoms with E-state index in [0.29, 0.717) is 28.9 Å². The average molecular weight is 627 g/mol. The third kappa shape index (κ3) is 7.89. The first kappa shape index (κ1) is 31.7. The van der Waals surface area contributed by atoms with Crippen molar-refractivity contribution in [3.63, 3.8) is 0 Å². The number of nitrogens with zero attached hydrogens (tertiary/aromatic N) is 4. The normalized spacial score (nSPS) is 11.6. The van der Waals surface area contributed by atoms with Gasteiger partial charge in [0.25, 0.3) is 0 Å². The van der Waals surface area contributed by atoms with E-state index in [1.807, 2.05) is 18.2 Å². The van der Waals surface area contributed by atoms with Gasteiger partial charge >= 0.3 is 0 Å². The Labute approximate surface area is 263 Å². The van der Waals surface area contributed by atoms with Crippen LogP contribution in [0.15, 0.2) is 108 Å². The van der Waals surface area contributed by atoms with Crippen LogP contribution in [0.25, 0.3) is 11.1 Å². The predicted octanol–water partition coefficient (Wildman–Crippen LogP) is 6.56. The summed E-state index contributed by atoms with van der Waals surface area (Å²) in [5.74, 6) is 0.246. The van der Waals surface area contributed by atoms with E-state index in [0.717, 1.165) is 18.4 Å². The molecule has 5 aromatic rings. The molecule has 5 rings (SSSR count). The molecule has 0 bridgehead atoms. The summed E-state index contributed by atoms with van der Waals surface area (Å²) < 4.78 is 51.4. The molecule has 8 nitrogen and oxygen atoms in total. The molecule has 0 N–H and O–H groups in total. The van der Waals surface area contributed by atoms with E-state index >= 15 is 0 Å². The van der Waals surface area contributed by atoms with E-state index in [4.69, 9.17) is 4.74 Å². The molecule has 10 heteroatoms. The zero-order chi connectivity index (χ0) is 31.8. The van der Waals surface area contributed by atoms with Crippen molar-refractivity contribution in [2.24, 2.45) is 0 Å². The van der Waals surface area contributed by atoms with E-state index < -0.39 is 10.0 Å². The number of aromatic nitrogens is 3. The van der Waals surface area contributed by atoms with Crippen LogP contribution in [0.1, 0.15) is 47.1 Å². The summed E-state index contributed by atoms with van der Waals surface area (Å²) in [4.78, 5) is 11.8. The van der Waals surface area contributed by atoms with Gasteiger partial charge in [0, 0.05) is 12.1 Å². The molecule has 0 unspecified atom stereocenters. The lowest BCUT2D eigenvalue weighted by Gasteiger charge is -2.24. The summed E-state index contributed by atoms with van der Waals surface area (Å²) in [5.41, 5.74) is 3.90. The van der Waals surface area contributed by atoms with Gasteiger partial charge in [-0.25, -0.2) is 12.8 Å². The fourth-order valence-electron chi connectivity index (χ4n) is 5.16. The molecule has 1 heterocycles. The Bertz CT molecular complexity index is 1860. The summed E-state index contributed by atoms with van der Waals surface area (Å²) in [6.45, 7) is 1.99. The fraction of sp³-hybridized carbons (Fsp3) is 0.229. The first-order valence-electron chi connectivity index (χ1n) is 14.7. The topological polar surface area (TPSA) is 94.4 Å². The van der Waals surface area contributed by atoms with Crippen molar-refractivity contribution < 1.29 is 22.3 Å². The number of ether oxygens (including phenoxy) is 1. The molecule has 0 saturated heterocycles. The van der Waals surface area contributed by atoms with Crippen molar-refractivity contribution in [1.82, 2.24) is 19.1 Å². The maximum atomic E-state index is 14.4. The van der Waals surface area contributed by atoms with E-state index in [-0.39, 0.29) is 41.9 Å². The van der Waals surface area contributed by atoms with Crippen LogP contribution in [0.5, 0.6) is 5.75 Å². The van der Waals surface area contributed by atoms with Crippen LogP contribution in [0.3, 0.4) is 0 Å². The lowest BCUT2D eigenvalue weighted by molar-refractivity contribution is 0.101. The van der Waals surface area contributed by atoms with Crippen LogP contribution < -0.4 is 4.74 Å². The fourth-order valence-corrected chi connectivity index (χ4v) is 6.78. The molecule has 0 fully saturated rings. The second kappa shape index (κ2) is 14.4. The second-order valence-electron chi connectivity index (χ2n) is 10.8. The average Bonchev–Trinajstić information content (AvgIpc) is 3.48. The lowest BCUT2D eigenvalue weighted by Crippen LogP contribution is -2.33. The number of sulfonamides is 1. The highest BCUT2D eigenvalue weighted by Crippen LogP contribution is 2.33. The summed E-state index contributed by atoms with van der Waals surface area (Å²) in [7, 11) is -2.66. The van der Waals surface area contributed by atoms with Crippen molar-refractivity contribution in [3.8, 4) is 16.9 Å². The lowest BCUT2D eigenvalue weighted by atomic mass is 10.0. The Hall–Kier alpha value is -4.67. The summed E-state index contributed by atoms with van der Waals surface area (Å²) in [6.07, 6.45) is 3.73. The van der Waals surface area contributed by atoms with Crippen LogP contribution in [0, 0.1) is 5.82 Å². The molecule has 0 aliphatic carbocycles. The van der Waals surface area contributed by atoms with Gasteiger partial charge in [0.05, 0.1) is 20.2 Å². The summed E-state index contributed by atoms with van der Waals surface area (Å²) in [6, 6.07) is 28.4. The molecule has 232 valence electrons. The van der Waals surface area contributed by atoms with Crippen molar-refractivity contribution in [3.05, 3.63) is 132 Å². The highest BCUT2D eigenvalue weighted by Gasteiger charge is 2.30. The van der Waals surface area contributed by atoms with Crippen LogP contribution in [0.2, 0.25) is 0 Å². The van der Waals surface area contributed by atoms with Gasteiger partial charge in [-0.05, 0) is 72.7 Å². The number of hydrogen-bond donors (Lipinski definition) is 0. The minimum absolute atomic E-state index is 0.0254. The molecule has 45 heavy (non-hydrogen) atoms. The minimum atomic E-state index is -4.10. The molecular weight excluding hydrogens is 591 g/mol. The zero-order valence-corrected chi connectivity index (χ0v) is 26.1. The number of benzene rings is 4. The van der Waals surface area contributed by atoms with Gasteiger partial charge < -0.3 is 9.30 Å². The molecule has 0 aliphatic rings. The Kier molecular flexibility index (Phi) is 10.2. The summed E-state index contributed by atoms with van der Waals surface area (Å²) >= 11 is 0. The third-order valence-electron chi connectivity index (χ3n) is 7.63. The van der Waals surface area contributed by atoms with Gasteiger partial charge in [-0.15, -0.1) is 10.2 Å². The molecule has 0 aliphatic heterocycles. The molecule has 0 atom stereocenters. The van der Waals surface area contributed by atoms with E-state index in [2.05, 4.69) is 22.3 Å². The molecule has 4 aromatic carbocycles. The van der Waals surface area contributed by atoms with Gasteiger partial charge in [0.1, 0.15) is 28.6 Å². The van der Waals surface area contributed by atoms with Crippen molar-refractivity contribution in [2.75, 3.05) is 13.7 Å². The Balaban J connectivity index is 1.46. The van der Waals surface area contributed by atoms with Crippen LogP contribution >= 0.6 is 0 Å². The number of carbonyl (C=O) groups excluding carboxylic acids is 1. The number of carbonyl (C=O) groups is 1. The Morgan fingerprint density at radius 3 is 2.33 bits per heavy atom. The van der Waals surface area contributed by atoms with Gasteiger partial charge in [-0.1, -0.05) is 72.8 Å². The number of aryl methyl sites for hydroxylation is 1. The second-order valence-corrected chi connectivity index (χ2v) is 12.7. The van der Waals surface area contributed by atoms with Gasteiger partial charge in [-0.3, -0.25) is 4.79 Å². The molecule has 0 radical (unpaired) electrons. The molecule has 0 amide bonds. The third-order valence-corrected chi connectivity index (χ3v) is 9.49. The van der Waals surface area contributed by atoms with Crippen LogP contribution in [0.4, 0.5) is 4.39 Å². The molecule has 0 spiro atoms. The van der Waals surface area contributed by atoms with Crippen LogP contribution in [-0.4, -0.2) is 46.9 Å². The van der Waals surface area contributed by atoms with Crippen molar-refractivity contribution in [1.29, 1.82) is 0 Å². The smallest absolute Gasteiger partial charge is 0.247 e. The van der Waals surface area contributed by atoms with Gasteiger partial charge in [-0.2, -0.15) is 4.31 Å². The van der Waals surface area contributed by atoms with Gasteiger partial charge in [0.15, 0.2) is 5.78 Å². The predicted molar refractivity (Wildman–Crippen MR) is 171 cm³/mol. The SMILES string of the molecule is COc1ccc(-c2ccc(C(C)=O)cc2)cc1S(=O)(=O)N(CCCCc1ccccc1)Cc1nncn1Cc1cccc(F)c1. The molecular formula is C35H35FN4O4S. The monoisotopic (exact) mass is 626 g/mol. The number of rotatable bonds is 14. The van der Waals surface area contributed by atoms with E-state index in [1.54, 1.807) is 59.2 Å². The minimum Gasteiger partial charge on any atom is -0.495 e. The highest BCUT2D eigenvalue weighted by atomic mass is 32.2. The Morgan fingerprint density at radius 2 is 1.62 bits per heavy atom. The largest absolute Gasteiger partial charge is 0.495 e. The number of halogens is 1. The number of hydrogen-bond acceptors (Lipinski definition) is 6. The Morgan fingerprint density at radius 1 is 0.889 bits per heavy atom. The molecule has 1 aromatic heterocycles.